The fourth-order valence-corrected chi connectivity index (χ4v) is 15.0. The quantitative estimate of drug-likeness (QED) is 0.0567. The highest BCUT2D eigenvalue weighted by molar-refractivity contribution is 8.05. The zero-order valence-corrected chi connectivity index (χ0v) is 31.1. The predicted octanol–water partition coefficient (Wildman–Crippen LogP) is 7.33. The Kier molecular flexibility index (Phi) is 18.2. The van der Waals surface area contributed by atoms with Gasteiger partial charge in [-0.25, -0.2) is 0 Å². The fraction of sp³-hybridized carbons (Fsp3) is 0.710. The monoisotopic (exact) mass is 676 g/mol. The molecule has 0 amide bonds. The van der Waals surface area contributed by atoms with Gasteiger partial charge in [0.1, 0.15) is 5.75 Å². The van der Waals surface area contributed by atoms with Crippen LogP contribution in [0.25, 0.3) is 0 Å². The molecule has 0 bridgehead atoms. The van der Waals surface area contributed by atoms with Gasteiger partial charge in [-0.2, -0.15) is 23.5 Å². The standard InChI is InChI=1S/C31H52O8S3Si/c1-22(2)43(23(3)4,24(5)6)39-26-12-11-25(19-27(26)35-7)31(42-18-15-30(34)38-10,20-40-16-13-28(32)36-8)21-41-17-14-29(33)37-9/h11-12,19,22-24H,13-18,20-21H2,1-10H3. The Hall–Kier alpha value is -1.50. The lowest BCUT2D eigenvalue weighted by Gasteiger charge is -2.42. The third-order valence-electron chi connectivity index (χ3n) is 7.62. The molecule has 0 saturated heterocycles. The molecule has 43 heavy (non-hydrogen) atoms. The molecule has 0 aliphatic heterocycles. The summed E-state index contributed by atoms with van der Waals surface area (Å²) in [6.07, 6.45) is 0.885. The molecular formula is C31H52O8S3Si. The first-order chi connectivity index (χ1) is 20.3. The van der Waals surface area contributed by atoms with Crippen molar-refractivity contribution in [2.75, 3.05) is 57.2 Å². The van der Waals surface area contributed by atoms with Crippen molar-refractivity contribution in [3.05, 3.63) is 23.8 Å². The molecule has 0 atom stereocenters. The minimum Gasteiger partial charge on any atom is -0.540 e. The number of rotatable bonds is 21. The van der Waals surface area contributed by atoms with E-state index >= 15 is 0 Å². The van der Waals surface area contributed by atoms with Crippen LogP contribution >= 0.6 is 35.3 Å². The van der Waals surface area contributed by atoms with Crippen molar-refractivity contribution in [1.29, 1.82) is 0 Å². The van der Waals surface area contributed by atoms with Crippen LogP contribution in [0.5, 0.6) is 11.5 Å². The zero-order valence-electron chi connectivity index (χ0n) is 27.6. The summed E-state index contributed by atoms with van der Waals surface area (Å²) in [7, 11) is 3.61. The summed E-state index contributed by atoms with van der Waals surface area (Å²) >= 11 is 5.01. The van der Waals surface area contributed by atoms with Gasteiger partial charge in [0, 0.05) is 28.8 Å². The molecule has 0 saturated carbocycles. The highest BCUT2D eigenvalue weighted by atomic mass is 32.2. The van der Waals surface area contributed by atoms with Gasteiger partial charge in [0.2, 0.25) is 0 Å². The maximum absolute atomic E-state index is 12.0. The molecule has 0 fully saturated rings. The molecule has 1 aromatic rings. The van der Waals surface area contributed by atoms with Gasteiger partial charge in [0.15, 0.2) is 5.75 Å². The van der Waals surface area contributed by atoms with Gasteiger partial charge in [-0.15, -0.1) is 11.8 Å². The van der Waals surface area contributed by atoms with Crippen molar-refractivity contribution in [3.8, 4) is 11.5 Å². The number of methoxy groups -OCH3 is 4. The molecule has 0 heterocycles. The minimum absolute atomic E-state index is 0.250. The lowest BCUT2D eigenvalue weighted by molar-refractivity contribution is -0.141. The van der Waals surface area contributed by atoms with Crippen molar-refractivity contribution in [2.24, 2.45) is 0 Å². The molecule has 0 N–H and O–H groups in total. The SMILES string of the molecule is COC(=O)CCSCC(CSCCC(=O)OC)(SCCC(=O)OC)c1ccc(O[Si](C(C)C)(C(C)C)C(C)C)c(OC)c1. The van der Waals surface area contributed by atoms with Crippen LogP contribution in [0.4, 0.5) is 0 Å². The van der Waals surface area contributed by atoms with E-state index in [0.29, 0.717) is 64.0 Å². The Bertz CT molecular complexity index is 973. The average molecular weight is 677 g/mol. The van der Waals surface area contributed by atoms with E-state index in [0.717, 1.165) is 11.3 Å². The van der Waals surface area contributed by atoms with Crippen LogP contribution in [-0.2, 0) is 33.3 Å². The largest absolute Gasteiger partial charge is 0.540 e. The Labute approximate surface area is 272 Å². The average Bonchev–Trinajstić information content (AvgIpc) is 2.98. The Morgan fingerprint density at radius 1 is 0.698 bits per heavy atom. The third kappa shape index (κ3) is 11.7. The molecule has 0 unspecified atom stereocenters. The Morgan fingerprint density at radius 3 is 1.53 bits per heavy atom. The highest BCUT2D eigenvalue weighted by Crippen LogP contribution is 2.48. The van der Waals surface area contributed by atoms with Gasteiger partial charge >= 0.3 is 17.9 Å². The van der Waals surface area contributed by atoms with Gasteiger partial charge in [0.25, 0.3) is 8.32 Å². The highest BCUT2D eigenvalue weighted by Gasteiger charge is 2.47. The van der Waals surface area contributed by atoms with Crippen LogP contribution in [-0.4, -0.2) is 83.4 Å². The van der Waals surface area contributed by atoms with E-state index in [-0.39, 0.29) is 24.3 Å². The fourth-order valence-electron chi connectivity index (χ4n) is 5.38. The van der Waals surface area contributed by atoms with Crippen LogP contribution in [0.15, 0.2) is 18.2 Å². The number of ether oxygens (including phenoxy) is 4. The van der Waals surface area contributed by atoms with Crippen molar-refractivity contribution in [3.63, 3.8) is 0 Å². The number of carbonyl (C=O) groups excluding carboxylic acids is 3. The minimum atomic E-state index is -2.23. The second kappa shape index (κ2) is 19.8. The Morgan fingerprint density at radius 2 is 1.14 bits per heavy atom. The summed E-state index contributed by atoms with van der Waals surface area (Å²) in [5.74, 6) is 3.75. The van der Waals surface area contributed by atoms with Gasteiger partial charge in [-0.3, -0.25) is 14.4 Å². The molecule has 8 nitrogen and oxygen atoms in total. The summed E-state index contributed by atoms with van der Waals surface area (Å²) < 4.78 is 27.1. The van der Waals surface area contributed by atoms with Gasteiger partial charge in [-0.05, 0) is 34.3 Å². The zero-order chi connectivity index (χ0) is 32.6. The number of benzene rings is 1. The summed E-state index contributed by atoms with van der Waals surface area (Å²) in [4.78, 5) is 35.6. The van der Waals surface area contributed by atoms with Crippen molar-refractivity contribution in [1.82, 2.24) is 0 Å². The normalized spacial score (nSPS) is 12.0. The molecule has 0 aromatic heterocycles. The summed E-state index contributed by atoms with van der Waals surface area (Å²) in [5.41, 5.74) is 2.25. The van der Waals surface area contributed by atoms with Crippen molar-refractivity contribution in [2.45, 2.75) is 82.2 Å². The maximum atomic E-state index is 12.0. The van der Waals surface area contributed by atoms with E-state index in [9.17, 15) is 14.4 Å². The molecule has 0 spiro atoms. The number of hydrogen-bond donors (Lipinski definition) is 0. The second-order valence-corrected chi connectivity index (χ2v) is 20.3. The van der Waals surface area contributed by atoms with E-state index in [4.69, 9.17) is 23.4 Å². The molecular weight excluding hydrogens is 625 g/mol. The third-order valence-corrected chi connectivity index (χ3v) is 17.8. The van der Waals surface area contributed by atoms with E-state index in [2.05, 4.69) is 53.7 Å². The second-order valence-electron chi connectivity index (χ2n) is 11.2. The smallest absolute Gasteiger partial charge is 0.306 e. The molecule has 0 aliphatic carbocycles. The number of carbonyl (C=O) groups is 3. The number of esters is 3. The first-order valence-corrected chi connectivity index (χ1v) is 20.1. The summed E-state index contributed by atoms with van der Waals surface area (Å²) in [5, 5.41) is 0. The van der Waals surface area contributed by atoms with E-state index < -0.39 is 13.1 Å². The molecule has 12 heteroatoms. The Balaban J connectivity index is 3.57. The van der Waals surface area contributed by atoms with Gasteiger partial charge in [0.05, 0.1) is 52.4 Å². The molecule has 1 aromatic carbocycles. The lowest BCUT2D eigenvalue weighted by Crippen LogP contribution is -2.50. The van der Waals surface area contributed by atoms with Crippen molar-refractivity contribution >= 4 is 61.5 Å². The van der Waals surface area contributed by atoms with Crippen LogP contribution < -0.4 is 9.16 Å². The first kappa shape index (κ1) is 39.5. The van der Waals surface area contributed by atoms with Crippen LogP contribution in [0, 0.1) is 0 Å². The van der Waals surface area contributed by atoms with E-state index in [1.54, 1.807) is 42.4 Å². The van der Waals surface area contributed by atoms with Crippen LogP contribution in [0.1, 0.15) is 66.4 Å². The number of hydrogen-bond acceptors (Lipinski definition) is 11. The molecule has 0 aliphatic rings. The lowest BCUT2D eigenvalue weighted by atomic mass is 10.0. The topological polar surface area (TPSA) is 97.4 Å². The summed E-state index contributed by atoms with van der Waals surface area (Å²) in [6.45, 7) is 13.5. The predicted molar refractivity (Wildman–Crippen MR) is 183 cm³/mol. The van der Waals surface area contributed by atoms with Crippen LogP contribution in [0.3, 0.4) is 0 Å². The maximum Gasteiger partial charge on any atom is 0.306 e. The van der Waals surface area contributed by atoms with Gasteiger partial charge in [-0.1, -0.05) is 47.6 Å². The summed E-state index contributed by atoms with van der Waals surface area (Å²) in [6, 6.07) is 6.18. The van der Waals surface area contributed by atoms with E-state index in [1.165, 1.54) is 21.3 Å². The molecule has 246 valence electrons. The number of thioether (sulfide) groups is 3. The molecule has 1 rings (SSSR count). The van der Waals surface area contributed by atoms with Crippen molar-refractivity contribution < 1.29 is 37.8 Å². The van der Waals surface area contributed by atoms with E-state index in [1.807, 2.05) is 6.07 Å². The first-order valence-electron chi connectivity index (χ1n) is 14.7. The van der Waals surface area contributed by atoms with Crippen LogP contribution in [0.2, 0.25) is 16.6 Å². The molecule has 0 radical (unpaired) electrons. The van der Waals surface area contributed by atoms with Gasteiger partial charge < -0.3 is 23.4 Å².